The van der Waals surface area contributed by atoms with E-state index in [1.165, 1.54) is 24.4 Å². The lowest BCUT2D eigenvalue weighted by molar-refractivity contribution is -0.274. The molecule has 1 N–H and O–H groups in total. The smallest absolute Gasteiger partial charge is 0.403 e. The summed E-state index contributed by atoms with van der Waals surface area (Å²) in [7, 11) is 4.91. The Kier molecular flexibility index (Phi) is 9.56. The highest BCUT2D eigenvalue weighted by Crippen LogP contribution is 2.39. The lowest BCUT2D eigenvalue weighted by Crippen LogP contribution is -2.29. The van der Waals surface area contributed by atoms with Gasteiger partial charge >= 0.3 is 6.36 Å². The molecule has 0 bridgehead atoms. The van der Waals surface area contributed by atoms with Crippen molar-refractivity contribution >= 4 is 46.5 Å². The van der Waals surface area contributed by atoms with Gasteiger partial charge in [0.2, 0.25) is 5.95 Å². The summed E-state index contributed by atoms with van der Waals surface area (Å²) in [6.45, 7) is 8.08. The van der Waals surface area contributed by atoms with E-state index < -0.39 is 19.3 Å². The van der Waals surface area contributed by atoms with Crippen LogP contribution < -0.4 is 20.3 Å². The zero-order chi connectivity index (χ0) is 32.4. The van der Waals surface area contributed by atoms with Crippen LogP contribution in [0.15, 0.2) is 61.4 Å². The summed E-state index contributed by atoms with van der Waals surface area (Å²) >= 11 is 0. The third kappa shape index (κ3) is 7.86. The number of nitrogens with zero attached hydrogens (tertiary/aromatic N) is 5. The van der Waals surface area contributed by atoms with Crippen molar-refractivity contribution in [2.75, 3.05) is 57.8 Å². The first kappa shape index (κ1) is 32.8. The van der Waals surface area contributed by atoms with Crippen molar-refractivity contribution in [2.45, 2.75) is 12.8 Å². The Labute approximate surface area is 254 Å². The topological polar surface area (TPSA) is 92.6 Å². The average molecular weight is 629 g/mol. The maximum atomic E-state index is 13.6. The number of allylic oxidation sites excluding steroid dienone is 1. The second-order valence-corrected chi connectivity index (χ2v) is 14.4. The van der Waals surface area contributed by atoms with E-state index in [1.807, 2.05) is 55.0 Å². The molecule has 4 aromatic rings. The zero-order valence-corrected chi connectivity index (χ0v) is 26.5. The molecule has 0 amide bonds. The van der Waals surface area contributed by atoms with Crippen LogP contribution in [0.1, 0.15) is 5.56 Å². The molecule has 9 nitrogen and oxygen atoms in total. The highest BCUT2D eigenvalue weighted by atomic mass is 31.2. The quantitative estimate of drug-likeness (QED) is 0.155. The number of rotatable bonds is 12. The van der Waals surface area contributed by atoms with Gasteiger partial charge in [0, 0.05) is 79.5 Å². The van der Waals surface area contributed by atoms with Gasteiger partial charge in [-0.3, -0.25) is 4.79 Å². The van der Waals surface area contributed by atoms with E-state index in [9.17, 15) is 22.5 Å². The van der Waals surface area contributed by atoms with Crippen molar-refractivity contribution < 1.29 is 27.3 Å². The molecule has 0 fully saturated rings. The second-order valence-electron chi connectivity index (χ2n) is 11.2. The van der Waals surface area contributed by atoms with Gasteiger partial charge < -0.3 is 29.0 Å². The van der Waals surface area contributed by atoms with E-state index in [2.05, 4.69) is 26.6 Å². The fraction of sp³-hybridized carbons (Fsp3) is 0.323. The molecule has 2 aromatic heterocycles. The zero-order valence-electron chi connectivity index (χ0n) is 25.6. The Morgan fingerprint density at radius 2 is 1.86 bits per heavy atom. The number of ether oxygens (including phenoxy) is 1. The minimum Gasteiger partial charge on any atom is -0.403 e. The fourth-order valence-corrected chi connectivity index (χ4v) is 5.62. The lowest BCUT2D eigenvalue weighted by Gasteiger charge is -2.26. The van der Waals surface area contributed by atoms with Crippen molar-refractivity contribution in [3.05, 3.63) is 67.0 Å². The summed E-state index contributed by atoms with van der Waals surface area (Å²) in [6, 6.07) is 10.0. The molecule has 0 saturated heterocycles. The molecule has 44 heavy (non-hydrogen) atoms. The number of hydrogen-bond donors (Lipinski definition) is 1. The Morgan fingerprint density at radius 3 is 2.50 bits per heavy atom. The number of benzene rings is 2. The van der Waals surface area contributed by atoms with E-state index >= 15 is 0 Å². The van der Waals surface area contributed by atoms with Crippen LogP contribution in [0.25, 0.3) is 22.2 Å². The van der Waals surface area contributed by atoms with Crippen molar-refractivity contribution in [3.63, 3.8) is 0 Å². The molecular formula is C31H36F3N6O3P. The Balaban J connectivity index is 1.78. The Morgan fingerprint density at radius 1 is 1.14 bits per heavy atom. The molecule has 0 aliphatic heterocycles. The summed E-state index contributed by atoms with van der Waals surface area (Å²) in [5, 5.41) is 4.50. The maximum Gasteiger partial charge on any atom is 0.573 e. The van der Waals surface area contributed by atoms with E-state index in [4.69, 9.17) is 0 Å². The second kappa shape index (κ2) is 12.8. The minimum absolute atomic E-state index is 0.0319. The van der Waals surface area contributed by atoms with Crippen LogP contribution in [-0.4, -0.2) is 79.1 Å². The highest BCUT2D eigenvalue weighted by molar-refractivity contribution is 7.70. The van der Waals surface area contributed by atoms with Crippen LogP contribution in [0, 0.1) is 0 Å². The molecule has 0 aliphatic carbocycles. The molecule has 13 heteroatoms. The van der Waals surface area contributed by atoms with Crippen molar-refractivity contribution in [2.24, 2.45) is 7.05 Å². The standard InChI is InChI=1S/C31H36F3N6O3P/c1-8-21(41)15-20-16-26(29(43-31(32,33)34)18-27(20)39(4)14-13-38(2)3)37-30-35-12-11-25(36-30)24-19-40(5)28-17-22(44(6,7)42)9-10-23(24)28/h8-12,16-19H,1,13-15H2,2-7H3,(H,35,36,37). The Hall–Kier alpha value is -4.15. The van der Waals surface area contributed by atoms with Crippen LogP contribution in [-0.2, 0) is 22.8 Å². The van der Waals surface area contributed by atoms with Gasteiger partial charge in [-0.2, -0.15) is 0 Å². The Bertz CT molecular complexity index is 1750. The van der Waals surface area contributed by atoms with E-state index in [-0.39, 0.29) is 23.8 Å². The first-order valence-electron chi connectivity index (χ1n) is 13.7. The van der Waals surface area contributed by atoms with Gasteiger partial charge in [0.15, 0.2) is 11.5 Å². The molecule has 2 aromatic carbocycles. The van der Waals surface area contributed by atoms with Gasteiger partial charge in [0.05, 0.1) is 11.4 Å². The first-order chi connectivity index (χ1) is 20.6. The van der Waals surface area contributed by atoms with Gasteiger partial charge in [-0.15, -0.1) is 13.2 Å². The highest BCUT2D eigenvalue weighted by Gasteiger charge is 2.33. The number of fused-ring (bicyclic) bond motifs is 1. The summed E-state index contributed by atoms with van der Waals surface area (Å²) in [5.41, 5.74) is 3.00. The van der Waals surface area contributed by atoms with Crippen molar-refractivity contribution in [1.82, 2.24) is 19.4 Å². The van der Waals surface area contributed by atoms with Gasteiger partial charge in [-0.1, -0.05) is 18.7 Å². The number of halogens is 3. The fourth-order valence-electron chi connectivity index (χ4n) is 4.75. The van der Waals surface area contributed by atoms with Crippen LogP contribution >= 0.6 is 7.14 Å². The van der Waals surface area contributed by atoms with Gasteiger partial charge in [0.1, 0.15) is 7.14 Å². The van der Waals surface area contributed by atoms with Crippen LogP contribution in [0.5, 0.6) is 5.75 Å². The number of anilines is 3. The molecule has 2 heterocycles. The van der Waals surface area contributed by atoms with Crippen LogP contribution in [0.4, 0.5) is 30.5 Å². The summed E-state index contributed by atoms with van der Waals surface area (Å²) < 4.78 is 59.7. The van der Waals surface area contributed by atoms with E-state index in [0.717, 1.165) is 21.8 Å². The number of aryl methyl sites for hydroxylation is 1. The molecule has 0 spiro atoms. The SMILES string of the molecule is C=CC(=O)Cc1cc(Nc2nccc(-c3cn(C)c4cc(P(C)(C)=O)ccc34)n2)c(OC(F)(F)F)cc1N(C)CCN(C)C. The average Bonchev–Trinajstić information content (AvgIpc) is 3.27. The molecule has 0 radical (unpaired) electrons. The van der Waals surface area contributed by atoms with Gasteiger partial charge in [-0.05, 0) is 57.3 Å². The minimum atomic E-state index is -4.97. The maximum absolute atomic E-state index is 13.6. The predicted molar refractivity (Wildman–Crippen MR) is 170 cm³/mol. The largest absolute Gasteiger partial charge is 0.573 e. The summed E-state index contributed by atoms with van der Waals surface area (Å²) in [4.78, 5) is 24.9. The number of alkyl halides is 3. The molecule has 0 unspecified atom stereocenters. The number of nitrogens with one attached hydrogen (secondary N) is 1. The predicted octanol–water partition coefficient (Wildman–Crippen LogP) is 5.82. The summed E-state index contributed by atoms with van der Waals surface area (Å²) in [6.07, 6.45) is -0.490. The third-order valence-electron chi connectivity index (χ3n) is 7.07. The summed E-state index contributed by atoms with van der Waals surface area (Å²) in [5.74, 6) is -0.749. The lowest BCUT2D eigenvalue weighted by atomic mass is 10.0. The van der Waals surface area contributed by atoms with Gasteiger partial charge in [0.25, 0.3) is 0 Å². The number of ketones is 1. The number of carbonyl (C=O) groups is 1. The van der Waals surface area contributed by atoms with Crippen LogP contribution in [0.2, 0.25) is 0 Å². The molecule has 0 aliphatic rings. The normalized spacial score (nSPS) is 12.0. The van der Waals surface area contributed by atoms with Crippen molar-refractivity contribution in [1.29, 1.82) is 0 Å². The number of likely N-dealkylation sites (N-methyl/N-ethyl adjacent to an activating group) is 2. The molecule has 234 valence electrons. The van der Waals surface area contributed by atoms with Gasteiger partial charge in [-0.25, -0.2) is 9.97 Å². The molecular weight excluding hydrogens is 592 g/mol. The third-order valence-corrected chi connectivity index (χ3v) is 8.59. The molecule has 0 saturated carbocycles. The van der Waals surface area contributed by atoms with Crippen molar-refractivity contribution in [3.8, 4) is 17.0 Å². The monoisotopic (exact) mass is 628 g/mol. The first-order valence-corrected chi connectivity index (χ1v) is 16.3. The number of carbonyl (C=O) groups excluding carboxylic acids is 1. The van der Waals surface area contributed by atoms with Crippen LogP contribution in [0.3, 0.4) is 0 Å². The van der Waals surface area contributed by atoms with E-state index in [1.54, 1.807) is 31.3 Å². The molecule has 0 atom stereocenters. The number of hydrogen-bond acceptors (Lipinski definition) is 8. The van der Waals surface area contributed by atoms with E-state index in [0.29, 0.717) is 30.0 Å². The molecule has 4 rings (SSSR count). The number of aromatic nitrogens is 3.